The van der Waals surface area contributed by atoms with Crippen LogP contribution in [0.15, 0.2) is 24.3 Å². The highest BCUT2D eigenvalue weighted by atomic mass is 19.4. The highest BCUT2D eigenvalue weighted by Gasteiger charge is 2.33. The van der Waals surface area contributed by atoms with Crippen molar-refractivity contribution >= 4 is 5.97 Å². The summed E-state index contributed by atoms with van der Waals surface area (Å²) in [4.78, 5) is 12.1. The third-order valence-corrected chi connectivity index (χ3v) is 2.63. The van der Waals surface area contributed by atoms with Gasteiger partial charge in [-0.2, -0.15) is 13.2 Å². The average Bonchev–Trinajstić information content (AvgIpc) is 2.36. The van der Waals surface area contributed by atoms with Crippen LogP contribution in [0.1, 0.15) is 12.0 Å². The number of aliphatic carboxylic acids is 1. The van der Waals surface area contributed by atoms with Crippen molar-refractivity contribution in [3.05, 3.63) is 29.8 Å². The molecule has 0 saturated heterocycles. The van der Waals surface area contributed by atoms with Crippen LogP contribution in [0.25, 0.3) is 0 Å². The fourth-order valence-electron chi connectivity index (χ4n) is 1.54. The van der Waals surface area contributed by atoms with Gasteiger partial charge in [-0.25, -0.2) is 0 Å². The summed E-state index contributed by atoms with van der Waals surface area (Å²) in [6.07, 6.45) is -4.47. The Kier molecular flexibility index (Phi) is 5.82. The summed E-state index contributed by atoms with van der Waals surface area (Å²) in [5.41, 5.74) is -0.812. The molecule has 20 heavy (non-hydrogen) atoms. The first-order valence-electron chi connectivity index (χ1n) is 6.00. The van der Waals surface area contributed by atoms with Gasteiger partial charge >= 0.3 is 12.1 Å². The molecule has 0 aliphatic heterocycles. The zero-order chi connectivity index (χ0) is 15.2. The third-order valence-electron chi connectivity index (χ3n) is 2.63. The lowest BCUT2D eigenvalue weighted by atomic mass is 10.2. The zero-order valence-corrected chi connectivity index (χ0v) is 11.0. The van der Waals surface area contributed by atoms with Crippen molar-refractivity contribution in [2.45, 2.75) is 12.6 Å². The Hall–Kier alpha value is -1.76. The van der Waals surface area contributed by atoms with E-state index in [9.17, 15) is 18.0 Å². The van der Waals surface area contributed by atoms with Gasteiger partial charge in [0.2, 0.25) is 0 Å². The number of hydrogen-bond donors (Lipinski definition) is 1. The largest absolute Gasteiger partial charge is 0.492 e. The van der Waals surface area contributed by atoms with Gasteiger partial charge in [0.15, 0.2) is 0 Å². The first-order chi connectivity index (χ1) is 9.30. The Balaban J connectivity index is 2.48. The summed E-state index contributed by atoms with van der Waals surface area (Å²) < 4.78 is 43.2. The minimum Gasteiger partial charge on any atom is -0.492 e. The number of hydrogen-bond acceptors (Lipinski definition) is 3. The molecule has 1 N–H and O–H groups in total. The molecule has 0 spiro atoms. The van der Waals surface area contributed by atoms with Gasteiger partial charge < -0.3 is 14.7 Å². The first-order valence-corrected chi connectivity index (χ1v) is 6.00. The molecule has 0 saturated carbocycles. The SMILES string of the molecule is CN(CCOc1ccccc1C(F)(F)F)CCC(=O)O. The number of ether oxygens (including phenoxy) is 1. The molecule has 0 aliphatic rings. The van der Waals surface area contributed by atoms with Gasteiger partial charge in [0.25, 0.3) is 0 Å². The van der Waals surface area contributed by atoms with Crippen LogP contribution in [0.2, 0.25) is 0 Å². The van der Waals surface area contributed by atoms with Crippen LogP contribution < -0.4 is 4.74 Å². The number of nitrogens with zero attached hydrogens (tertiary/aromatic N) is 1. The Morgan fingerprint density at radius 2 is 1.95 bits per heavy atom. The summed E-state index contributed by atoms with van der Waals surface area (Å²) in [7, 11) is 1.68. The van der Waals surface area contributed by atoms with E-state index in [0.29, 0.717) is 13.1 Å². The Bertz CT molecular complexity index is 449. The lowest BCUT2D eigenvalue weighted by Gasteiger charge is -2.17. The van der Waals surface area contributed by atoms with Crippen molar-refractivity contribution in [1.82, 2.24) is 4.90 Å². The van der Waals surface area contributed by atoms with E-state index in [2.05, 4.69) is 0 Å². The second-order valence-corrected chi connectivity index (χ2v) is 4.29. The van der Waals surface area contributed by atoms with Gasteiger partial charge in [0.1, 0.15) is 12.4 Å². The second-order valence-electron chi connectivity index (χ2n) is 4.29. The van der Waals surface area contributed by atoms with Gasteiger partial charge in [-0.3, -0.25) is 4.79 Å². The van der Waals surface area contributed by atoms with Gasteiger partial charge in [0, 0.05) is 13.1 Å². The lowest BCUT2D eigenvalue weighted by molar-refractivity contribution is -0.139. The minimum atomic E-state index is -4.45. The molecule has 0 heterocycles. The topological polar surface area (TPSA) is 49.8 Å². The number of carboxylic acids is 1. The zero-order valence-electron chi connectivity index (χ0n) is 11.0. The number of benzene rings is 1. The Morgan fingerprint density at radius 3 is 2.55 bits per heavy atom. The summed E-state index contributed by atoms with van der Waals surface area (Å²) in [6.45, 7) is 0.724. The van der Waals surface area contributed by atoms with Crippen LogP contribution in [-0.4, -0.2) is 42.7 Å². The van der Waals surface area contributed by atoms with E-state index in [0.717, 1.165) is 6.07 Å². The quantitative estimate of drug-likeness (QED) is 0.838. The van der Waals surface area contributed by atoms with Crippen LogP contribution in [0.3, 0.4) is 0 Å². The van der Waals surface area contributed by atoms with Crippen molar-refractivity contribution < 1.29 is 27.8 Å². The summed E-state index contributed by atoms with van der Waals surface area (Å²) in [5, 5.41) is 8.51. The fourth-order valence-corrected chi connectivity index (χ4v) is 1.54. The number of carbonyl (C=O) groups is 1. The fraction of sp³-hybridized carbons (Fsp3) is 0.462. The molecular formula is C13H16F3NO3. The van der Waals surface area contributed by atoms with E-state index in [1.165, 1.54) is 18.2 Å². The van der Waals surface area contributed by atoms with Crippen molar-refractivity contribution in [3.63, 3.8) is 0 Å². The Morgan fingerprint density at radius 1 is 1.30 bits per heavy atom. The maximum atomic E-state index is 12.7. The van der Waals surface area contributed by atoms with Crippen LogP contribution >= 0.6 is 0 Å². The van der Waals surface area contributed by atoms with E-state index < -0.39 is 17.7 Å². The molecule has 1 aromatic carbocycles. The van der Waals surface area contributed by atoms with Crippen LogP contribution in [0.5, 0.6) is 5.75 Å². The monoisotopic (exact) mass is 291 g/mol. The molecule has 4 nitrogen and oxygen atoms in total. The molecular weight excluding hydrogens is 275 g/mol. The molecule has 0 aliphatic carbocycles. The predicted octanol–water partition coefficient (Wildman–Crippen LogP) is 2.49. The number of likely N-dealkylation sites (N-methyl/N-ethyl adjacent to an activating group) is 1. The predicted molar refractivity (Wildman–Crippen MR) is 66.7 cm³/mol. The normalized spacial score (nSPS) is 11.7. The van der Waals surface area contributed by atoms with Crippen LogP contribution in [-0.2, 0) is 11.0 Å². The van der Waals surface area contributed by atoms with Crippen molar-refractivity contribution in [1.29, 1.82) is 0 Å². The summed E-state index contributed by atoms with van der Waals surface area (Å²) in [5.74, 6) is -1.13. The van der Waals surface area contributed by atoms with Crippen molar-refractivity contribution in [2.75, 3.05) is 26.7 Å². The van der Waals surface area contributed by atoms with Crippen molar-refractivity contribution in [2.24, 2.45) is 0 Å². The van der Waals surface area contributed by atoms with Gasteiger partial charge in [-0.1, -0.05) is 12.1 Å². The van der Waals surface area contributed by atoms with E-state index in [-0.39, 0.29) is 18.8 Å². The van der Waals surface area contributed by atoms with Gasteiger partial charge in [0.05, 0.1) is 12.0 Å². The van der Waals surface area contributed by atoms with Crippen molar-refractivity contribution in [3.8, 4) is 5.75 Å². The molecule has 0 unspecified atom stereocenters. The molecule has 1 aromatic rings. The smallest absolute Gasteiger partial charge is 0.419 e. The van der Waals surface area contributed by atoms with Gasteiger partial charge in [-0.05, 0) is 19.2 Å². The van der Waals surface area contributed by atoms with E-state index in [1.807, 2.05) is 0 Å². The summed E-state index contributed by atoms with van der Waals surface area (Å²) >= 11 is 0. The molecule has 0 radical (unpaired) electrons. The number of carboxylic acid groups (broad SMARTS) is 1. The molecule has 112 valence electrons. The van der Waals surface area contributed by atoms with E-state index >= 15 is 0 Å². The number of alkyl halides is 3. The highest BCUT2D eigenvalue weighted by Crippen LogP contribution is 2.35. The maximum Gasteiger partial charge on any atom is 0.419 e. The van der Waals surface area contributed by atoms with E-state index in [4.69, 9.17) is 9.84 Å². The lowest BCUT2D eigenvalue weighted by Crippen LogP contribution is -2.27. The maximum absolute atomic E-state index is 12.7. The van der Waals surface area contributed by atoms with E-state index in [1.54, 1.807) is 11.9 Å². The number of halogens is 3. The number of para-hydroxylation sites is 1. The standard InChI is InChI=1S/C13H16F3NO3/c1-17(7-6-12(18)19)8-9-20-11-5-3-2-4-10(11)13(14,15)16/h2-5H,6-9H2,1H3,(H,18,19). The molecule has 0 amide bonds. The third kappa shape index (κ3) is 5.48. The van der Waals surface area contributed by atoms with Gasteiger partial charge in [-0.15, -0.1) is 0 Å². The average molecular weight is 291 g/mol. The van der Waals surface area contributed by atoms with Crippen LogP contribution in [0.4, 0.5) is 13.2 Å². The second kappa shape index (κ2) is 7.14. The molecule has 0 bridgehead atoms. The molecule has 7 heteroatoms. The minimum absolute atomic E-state index is 0.0182. The molecule has 0 atom stereocenters. The van der Waals surface area contributed by atoms with Crippen LogP contribution in [0, 0.1) is 0 Å². The summed E-state index contributed by atoms with van der Waals surface area (Å²) in [6, 6.07) is 5.00. The molecule has 0 aromatic heterocycles. The first kappa shape index (κ1) is 16.3. The molecule has 0 fully saturated rings. The number of rotatable bonds is 7. The molecule has 1 rings (SSSR count). The Labute approximate surface area is 114 Å². The highest BCUT2D eigenvalue weighted by molar-refractivity contribution is 5.66.